The third kappa shape index (κ3) is 4.31. The van der Waals surface area contributed by atoms with Crippen molar-refractivity contribution in [1.82, 2.24) is 0 Å². The number of carbonyl (C=O) groups excluding carboxylic acids is 1. The van der Waals surface area contributed by atoms with E-state index in [9.17, 15) is 15.0 Å². The molecule has 0 fully saturated rings. The lowest BCUT2D eigenvalue weighted by molar-refractivity contribution is -0.315. The van der Waals surface area contributed by atoms with Crippen LogP contribution in [0.5, 0.6) is 0 Å². The molecule has 0 aromatic carbocycles. The van der Waals surface area contributed by atoms with E-state index in [1.807, 2.05) is 0 Å². The topological polar surface area (TPSA) is 80.6 Å². The maximum absolute atomic E-state index is 10.1. The van der Waals surface area contributed by atoms with Crippen molar-refractivity contribution in [3.63, 3.8) is 0 Å². The Morgan fingerprint density at radius 2 is 2.17 bits per heavy atom. The van der Waals surface area contributed by atoms with Gasteiger partial charge in [-0.2, -0.15) is 0 Å². The van der Waals surface area contributed by atoms with Crippen LogP contribution in [0.25, 0.3) is 0 Å². The molecule has 2 unspecified atom stereocenters. The van der Waals surface area contributed by atoms with Crippen LogP contribution in [0.2, 0.25) is 0 Å². The number of hydrogen-bond acceptors (Lipinski definition) is 4. The van der Waals surface area contributed by atoms with Crippen LogP contribution < -0.4 is 5.11 Å². The second-order valence-corrected chi connectivity index (χ2v) is 3.22. The van der Waals surface area contributed by atoms with Crippen molar-refractivity contribution in [3.8, 4) is 0 Å². The van der Waals surface area contributed by atoms with E-state index >= 15 is 0 Å². The SMILES string of the molecule is CCC(C)(O)CCC(O)C(=O)[O-]. The molecule has 0 heterocycles. The van der Waals surface area contributed by atoms with Gasteiger partial charge >= 0.3 is 0 Å². The second kappa shape index (κ2) is 4.42. The Morgan fingerprint density at radius 3 is 2.50 bits per heavy atom. The third-order valence-electron chi connectivity index (χ3n) is 1.99. The van der Waals surface area contributed by atoms with Crippen molar-refractivity contribution in [2.45, 2.75) is 44.8 Å². The van der Waals surface area contributed by atoms with E-state index in [0.717, 1.165) is 0 Å². The molecule has 0 spiro atoms. The Hall–Kier alpha value is -0.610. The summed E-state index contributed by atoms with van der Waals surface area (Å²) >= 11 is 0. The average molecular weight is 175 g/mol. The lowest BCUT2D eigenvalue weighted by Gasteiger charge is -2.22. The van der Waals surface area contributed by atoms with E-state index in [1.54, 1.807) is 13.8 Å². The number of aliphatic hydroxyl groups is 2. The Morgan fingerprint density at radius 1 is 1.67 bits per heavy atom. The largest absolute Gasteiger partial charge is 0.547 e. The van der Waals surface area contributed by atoms with E-state index in [-0.39, 0.29) is 12.8 Å². The molecular formula is C8H15O4-. The lowest BCUT2D eigenvalue weighted by Crippen LogP contribution is -2.37. The fraction of sp³-hybridized carbons (Fsp3) is 0.875. The van der Waals surface area contributed by atoms with E-state index in [0.29, 0.717) is 6.42 Å². The van der Waals surface area contributed by atoms with Crippen LogP contribution in [0.15, 0.2) is 0 Å². The summed E-state index contributed by atoms with van der Waals surface area (Å²) in [4.78, 5) is 10.1. The lowest BCUT2D eigenvalue weighted by atomic mass is 9.95. The molecule has 4 heteroatoms. The van der Waals surface area contributed by atoms with Gasteiger partial charge in [0, 0.05) is 0 Å². The molecule has 0 amide bonds. The summed E-state index contributed by atoms with van der Waals surface area (Å²) in [5.41, 5.74) is -0.892. The summed E-state index contributed by atoms with van der Waals surface area (Å²) in [6.07, 6.45) is -0.641. The van der Waals surface area contributed by atoms with Crippen LogP contribution in [0.1, 0.15) is 33.1 Å². The minimum absolute atomic E-state index is 0.0309. The normalized spacial score (nSPS) is 18.3. The quantitative estimate of drug-likeness (QED) is 0.564. The zero-order chi connectivity index (χ0) is 9.78. The molecule has 0 aliphatic rings. The van der Waals surface area contributed by atoms with Crippen molar-refractivity contribution < 1.29 is 20.1 Å². The first kappa shape index (κ1) is 11.4. The zero-order valence-electron chi connectivity index (χ0n) is 7.41. The molecule has 0 aliphatic carbocycles. The number of carboxylic acids is 1. The van der Waals surface area contributed by atoms with Gasteiger partial charge in [-0.05, 0) is 26.2 Å². The maximum Gasteiger partial charge on any atom is 0.0934 e. The fourth-order valence-corrected chi connectivity index (χ4v) is 0.742. The number of aliphatic carboxylic acids is 1. The summed E-state index contributed by atoms with van der Waals surface area (Å²) in [6, 6.07) is 0. The number of aliphatic hydroxyl groups excluding tert-OH is 1. The van der Waals surface area contributed by atoms with E-state index in [1.165, 1.54) is 0 Å². The minimum atomic E-state index is -1.48. The van der Waals surface area contributed by atoms with Crippen molar-refractivity contribution in [3.05, 3.63) is 0 Å². The Balaban J connectivity index is 3.75. The predicted octanol–water partition coefficient (Wildman–Crippen LogP) is -0.962. The van der Waals surface area contributed by atoms with Gasteiger partial charge in [0.1, 0.15) is 0 Å². The van der Waals surface area contributed by atoms with Gasteiger partial charge in [-0.15, -0.1) is 0 Å². The van der Waals surface area contributed by atoms with Crippen LogP contribution in [0.3, 0.4) is 0 Å². The van der Waals surface area contributed by atoms with Crippen molar-refractivity contribution in [1.29, 1.82) is 0 Å². The van der Waals surface area contributed by atoms with Gasteiger partial charge in [-0.25, -0.2) is 0 Å². The van der Waals surface area contributed by atoms with Crippen LogP contribution >= 0.6 is 0 Å². The first-order valence-corrected chi connectivity index (χ1v) is 4.00. The highest BCUT2D eigenvalue weighted by molar-refractivity contribution is 5.69. The highest BCUT2D eigenvalue weighted by atomic mass is 16.4. The van der Waals surface area contributed by atoms with Crippen LogP contribution in [0, 0.1) is 0 Å². The highest BCUT2D eigenvalue weighted by Gasteiger charge is 2.19. The summed E-state index contributed by atoms with van der Waals surface area (Å²) in [5, 5.41) is 28.3. The van der Waals surface area contributed by atoms with Gasteiger partial charge in [0.25, 0.3) is 0 Å². The number of carboxylic acid groups (broad SMARTS) is 1. The molecule has 0 aromatic heterocycles. The molecule has 0 aromatic rings. The van der Waals surface area contributed by atoms with Gasteiger partial charge in [0.05, 0.1) is 17.7 Å². The van der Waals surface area contributed by atoms with Crippen molar-refractivity contribution in [2.75, 3.05) is 0 Å². The van der Waals surface area contributed by atoms with Crippen LogP contribution in [-0.4, -0.2) is 27.9 Å². The number of carbonyl (C=O) groups is 1. The van der Waals surface area contributed by atoms with Gasteiger partial charge < -0.3 is 20.1 Å². The average Bonchev–Trinajstić information content (AvgIpc) is 2.00. The first-order valence-electron chi connectivity index (χ1n) is 4.00. The van der Waals surface area contributed by atoms with E-state index in [4.69, 9.17) is 5.11 Å². The second-order valence-electron chi connectivity index (χ2n) is 3.22. The summed E-state index contributed by atoms with van der Waals surface area (Å²) < 4.78 is 0. The molecule has 0 aliphatic heterocycles. The molecular weight excluding hydrogens is 160 g/mol. The molecule has 0 rings (SSSR count). The molecule has 4 nitrogen and oxygen atoms in total. The maximum atomic E-state index is 10.1. The van der Waals surface area contributed by atoms with Crippen LogP contribution in [0.4, 0.5) is 0 Å². The predicted molar refractivity (Wildman–Crippen MR) is 41.2 cm³/mol. The molecule has 0 saturated carbocycles. The van der Waals surface area contributed by atoms with Crippen LogP contribution in [-0.2, 0) is 4.79 Å². The summed E-state index contributed by atoms with van der Waals surface area (Å²) in [6.45, 7) is 3.40. The van der Waals surface area contributed by atoms with Gasteiger partial charge in [-0.3, -0.25) is 0 Å². The Kier molecular flexibility index (Phi) is 4.20. The van der Waals surface area contributed by atoms with E-state index in [2.05, 4.69) is 0 Å². The molecule has 2 N–H and O–H groups in total. The Bertz CT molecular complexity index is 153. The van der Waals surface area contributed by atoms with E-state index < -0.39 is 17.7 Å². The summed E-state index contributed by atoms with van der Waals surface area (Å²) in [7, 11) is 0. The third-order valence-corrected chi connectivity index (χ3v) is 1.99. The van der Waals surface area contributed by atoms with Gasteiger partial charge in [-0.1, -0.05) is 6.92 Å². The first-order chi connectivity index (χ1) is 5.39. The number of hydrogen-bond donors (Lipinski definition) is 2. The fourth-order valence-electron chi connectivity index (χ4n) is 0.742. The van der Waals surface area contributed by atoms with Crippen molar-refractivity contribution >= 4 is 5.97 Å². The molecule has 0 bridgehead atoms. The number of rotatable bonds is 5. The van der Waals surface area contributed by atoms with Crippen molar-refractivity contribution in [2.24, 2.45) is 0 Å². The molecule has 0 radical (unpaired) electrons. The zero-order valence-corrected chi connectivity index (χ0v) is 7.41. The highest BCUT2D eigenvalue weighted by Crippen LogP contribution is 2.16. The molecule has 72 valence electrons. The standard InChI is InChI=1S/C8H16O4/c1-3-8(2,12)5-4-6(9)7(10)11/h6,9,12H,3-5H2,1-2H3,(H,10,11)/p-1. The van der Waals surface area contributed by atoms with Gasteiger partial charge in [0.2, 0.25) is 0 Å². The molecule has 12 heavy (non-hydrogen) atoms. The Labute approximate surface area is 71.8 Å². The minimum Gasteiger partial charge on any atom is -0.547 e. The monoisotopic (exact) mass is 175 g/mol. The summed E-state index contributed by atoms with van der Waals surface area (Å²) in [5.74, 6) is -1.48. The molecule has 0 saturated heterocycles. The molecule has 2 atom stereocenters. The smallest absolute Gasteiger partial charge is 0.0934 e. The van der Waals surface area contributed by atoms with Gasteiger partial charge in [0.15, 0.2) is 0 Å².